The van der Waals surface area contributed by atoms with Gasteiger partial charge in [-0.15, -0.1) is 0 Å². The molecule has 0 spiro atoms. The van der Waals surface area contributed by atoms with Crippen LogP contribution < -0.4 is 5.32 Å². The fourth-order valence-electron chi connectivity index (χ4n) is 2.39. The van der Waals surface area contributed by atoms with Crippen molar-refractivity contribution < 1.29 is 4.79 Å². The molecule has 3 nitrogen and oxygen atoms in total. The highest BCUT2D eigenvalue weighted by Crippen LogP contribution is 2.22. The van der Waals surface area contributed by atoms with Crippen LogP contribution in [-0.4, -0.2) is 23.9 Å². The van der Waals surface area contributed by atoms with Crippen LogP contribution in [0.2, 0.25) is 0 Å². The predicted molar refractivity (Wildman–Crippen MR) is 79.2 cm³/mol. The van der Waals surface area contributed by atoms with E-state index in [9.17, 15) is 4.79 Å². The lowest BCUT2D eigenvalue weighted by molar-refractivity contribution is -0.126. The maximum atomic E-state index is 11.7. The van der Waals surface area contributed by atoms with E-state index in [0.29, 0.717) is 6.54 Å². The summed E-state index contributed by atoms with van der Waals surface area (Å²) >= 11 is 0. The number of rotatable bonds is 5. The average Bonchev–Trinajstić information content (AvgIpc) is 2.46. The van der Waals surface area contributed by atoms with Gasteiger partial charge in [0.25, 0.3) is 0 Å². The van der Waals surface area contributed by atoms with Crippen molar-refractivity contribution in [3.63, 3.8) is 0 Å². The zero-order chi connectivity index (χ0) is 13.7. The minimum absolute atomic E-state index is 0.0231. The Labute approximate surface area is 115 Å². The number of amides is 1. The lowest BCUT2D eigenvalue weighted by Gasteiger charge is -2.28. The molecule has 1 aromatic carbocycles. The van der Waals surface area contributed by atoms with Crippen LogP contribution in [0.15, 0.2) is 30.9 Å². The van der Waals surface area contributed by atoms with Gasteiger partial charge in [-0.3, -0.25) is 4.79 Å². The summed E-state index contributed by atoms with van der Waals surface area (Å²) in [6.45, 7) is 8.24. The molecule has 0 aromatic heterocycles. The molecular formula is C16H22N2O. The van der Waals surface area contributed by atoms with Gasteiger partial charge in [-0.25, -0.2) is 0 Å². The van der Waals surface area contributed by atoms with Gasteiger partial charge >= 0.3 is 0 Å². The van der Waals surface area contributed by atoms with E-state index in [-0.39, 0.29) is 5.91 Å². The lowest BCUT2D eigenvalue weighted by atomic mass is 9.99. The van der Waals surface area contributed by atoms with Crippen molar-refractivity contribution in [1.82, 2.24) is 4.90 Å². The Morgan fingerprint density at radius 3 is 3.05 bits per heavy atom. The van der Waals surface area contributed by atoms with Crippen LogP contribution in [0.5, 0.6) is 0 Å². The number of unbranched alkanes of at least 4 members (excludes halogenated alkanes) is 1. The fraction of sp³-hybridized carbons (Fsp3) is 0.438. The highest BCUT2D eigenvalue weighted by molar-refractivity contribution is 5.87. The van der Waals surface area contributed by atoms with Crippen molar-refractivity contribution in [2.45, 2.75) is 32.7 Å². The maximum Gasteiger partial charge on any atom is 0.246 e. The van der Waals surface area contributed by atoms with Crippen molar-refractivity contribution >= 4 is 11.6 Å². The van der Waals surface area contributed by atoms with E-state index < -0.39 is 0 Å². The molecule has 0 bridgehead atoms. The third-order valence-corrected chi connectivity index (χ3v) is 3.56. The van der Waals surface area contributed by atoms with E-state index in [1.54, 1.807) is 0 Å². The van der Waals surface area contributed by atoms with E-state index in [4.69, 9.17) is 0 Å². The molecule has 1 aromatic rings. The quantitative estimate of drug-likeness (QED) is 0.650. The normalized spacial score (nSPS) is 13.8. The summed E-state index contributed by atoms with van der Waals surface area (Å²) < 4.78 is 0. The van der Waals surface area contributed by atoms with Crippen molar-refractivity contribution in [2.24, 2.45) is 0 Å². The van der Waals surface area contributed by atoms with Gasteiger partial charge in [-0.05, 0) is 42.2 Å². The molecule has 0 fully saturated rings. The minimum Gasteiger partial charge on any atom is -0.385 e. The van der Waals surface area contributed by atoms with Crippen LogP contribution in [0.1, 0.15) is 30.9 Å². The van der Waals surface area contributed by atoms with E-state index in [2.05, 4.69) is 37.0 Å². The Morgan fingerprint density at radius 2 is 2.32 bits per heavy atom. The first kappa shape index (κ1) is 13.7. The first-order valence-electron chi connectivity index (χ1n) is 7.01. The molecule has 2 rings (SSSR count). The fourth-order valence-corrected chi connectivity index (χ4v) is 2.39. The summed E-state index contributed by atoms with van der Waals surface area (Å²) in [6.07, 6.45) is 4.70. The Kier molecular flexibility index (Phi) is 4.61. The third kappa shape index (κ3) is 3.37. The predicted octanol–water partition coefficient (Wildman–Crippen LogP) is 2.97. The smallest absolute Gasteiger partial charge is 0.246 e. The minimum atomic E-state index is 0.0231. The largest absolute Gasteiger partial charge is 0.385 e. The second-order valence-electron chi connectivity index (χ2n) is 4.98. The molecule has 0 unspecified atom stereocenters. The Morgan fingerprint density at radius 1 is 1.47 bits per heavy atom. The molecule has 0 atom stereocenters. The zero-order valence-corrected chi connectivity index (χ0v) is 11.6. The van der Waals surface area contributed by atoms with E-state index >= 15 is 0 Å². The molecule has 1 aliphatic heterocycles. The molecule has 102 valence electrons. The number of nitrogens with one attached hydrogen (secondary N) is 1. The number of carbonyl (C=O) groups excluding carboxylic acids is 1. The molecule has 3 heteroatoms. The van der Waals surface area contributed by atoms with Crippen LogP contribution >= 0.6 is 0 Å². The maximum absolute atomic E-state index is 11.7. The number of fused-ring (bicyclic) bond motifs is 1. The molecule has 1 heterocycles. The van der Waals surface area contributed by atoms with Gasteiger partial charge in [0.05, 0.1) is 0 Å². The van der Waals surface area contributed by atoms with Gasteiger partial charge in [-0.1, -0.05) is 26.0 Å². The van der Waals surface area contributed by atoms with Gasteiger partial charge in [0.1, 0.15) is 0 Å². The summed E-state index contributed by atoms with van der Waals surface area (Å²) in [5.41, 5.74) is 3.76. The third-order valence-electron chi connectivity index (χ3n) is 3.56. The van der Waals surface area contributed by atoms with Crippen LogP contribution in [-0.2, 0) is 17.8 Å². The molecular weight excluding hydrogens is 236 g/mol. The molecule has 1 N–H and O–H groups in total. The van der Waals surface area contributed by atoms with E-state index in [1.165, 1.54) is 30.0 Å². The van der Waals surface area contributed by atoms with Crippen molar-refractivity contribution in [2.75, 3.05) is 18.4 Å². The summed E-state index contributed by atoms with van der Waals surface area (Å²) in [5.74, 6) is 0.0231. The molecule has 0 radical (unpaired) electrons. The highest BCUT2D eigenvalue weighted by atomic mass is 16.2. The van der Waals surface area contributed by atoms with Gasteiger partial charge in [0, 0.05) is 25.3 Å². The first-order valence-corrected chi connectivity index (χ1v) is 7.01. The second-order valence-corrected chi connectivity index (χ2v) is 4.98. The topological polar surface area (TPSA) is 32.3 Å². The Balaban J connectivity index is 2.06. The number of nitrogens with zero attached hydrogens (tertiary/aromatic N) is 1. The zero-order valence-electron chi connectivity index (χ0n) is 11.6. The highest BCUT2D eigenvalue weighted by Gasteiger charge is 2.18. The van der Waals surface area contributed by atoms with Gasteiger partial charge in [0.2, 0.25) is 5.91 Å². The van der Waals surface area contributed by atoms with Gasteiger partial charge in [-0.2, -0.15) is 0 Å². The number of benzene rings is 1. The average molecular weight is 258 g/mol. The molecule has 1 aliphatic rings. The molecule has 0 aliphatic carbocycles. The Hall–Kier alpha value is -1.77. The van der Waals surface area contributed by atoms with Crippen LogP contribution in [0.4, 0.5) is 5.69 Å². The number of carbonyl (C=O) groups is 1. The Bertz CT molecular complexity index is 468. The summed E-state index contributed by atoms with van der Waals surface area (Å²) in [6, 6.07) is 6.49. The first-order chi connectivity index (χ1) is 9.24. The second kappa shape index (κ2) is 6.41. The molecule has 19 heavy (non-hydrogen) atoms. The summed E-state index contributed by atoms with van der Waals surface area (Å²) in [4.78, 5) is 13.5. The standard InChI is InChI=1S/C16H22N2O/c1-3-5-9-17-15-7-6-13-8-10-18(16(19)4-2)12-14(13)11-15/h4,6-7,11,17H,2-3,5,8-10,12H2,1H3. The number of anilines is 1. The van der Waals surface area contributed by atoms with E-state index in [0.717, 1.165) is 25.2 Å². The van der Waals surface area contributed by atoms with Crippen LogP contribution in [0.25, 0.3) is 0 Å². The lowest BCUT2D eigenvalue weighted by Crippen LogP contribution is -2.34. The van der Waals surface area contributed by atoms with Crippen molar-refractivity contribution in [3.05, 3.63) is 42.0 Å². The molecule has 0 saturated heterocycles. The molecule has 0 saturated carbocycles. The monoisotopic (exact) mass is 258 g/mol. The van der Waals surface area contributed by atoms with Gasteiger partial charge in [0.15, 0.2) is 0 Å². The van der Waals surface area contributed by atoms with Gasteiger partial charge < -0.3 is 10.2 Å². The van der Waals surface area contributed by atoms with E-state index in [1.807, 2.05) is 4.90 Å². The van der Waals surface area contributed by atoms with Crippen LogP contribution in [0.3, 0.4) is 0 Å². The SMILES string of the molecule is C=CC(=O)N1CCc2ccc(NCCCC)cc2C1. The summed E-state index contributed by atoms with van der Waals surface area (Å²) in [7, 11) is 0. The molecule has 1 amide bonds. The number of hydrogen-bond acceptors (Lipinski definition) is 2. The van der Waals surface area contributed by atoms with Crippen LogP contribution in [0, 0.1) is 0 Å². The summed E-state index contributed by atoms with van der Waals surface area (Å²) in [5, 5.41) is 3.43. The van der Waals surface area contributed by atoms with Crippen molar-refractivity contribution in [3.8, 4) is 0 Å². The van der Waals surface area contributed by atoms with Crippen molar-refractivity contribution in [1.29, 1.82) is 0 Å². The number of hydrogen-bond donors (Lipinski definition) is 1.